The zero-order valence-electron chi connectivity index (χ0n) is 15.7. The normalized spacial score (nSPS) is 13.5. The molecule has 0 spiro atoms. The number of carbonyl (C=O) groups is 1. The van der Waals surface area contributed by atoms with Crippen LogP contribution in [-0.2, 0) is 14.8 Å². The fourth-order valence-corrected chi connectivity index (χ4v) is 4.45. The van der Waals surface area contributed by atoms with Crippen molar-refractivity contribution in [3.05, 3.63) is 34.9 Å². The van der Waals surface area contributed by atoms with E-state index in [1.165, 1.54) is 0 Å². The Morgan fingerprint density at radius 2 is 1.85 bits per heavy atom. The van der Waals surface area contributed by atoms with Gasteiger partial charge in [-0.3, -0.25) is 4.79 Å². The Balaban J connectivity index is 2.16. The number of nitrogens with zero attached hydrogens (tertiary/aromatic N) is 2. The van der Waals surface area contributed by atoms with Crippen LogP contribution in [0.4, 0.5) is 5.13 Å². The molecular formula is C17H24N4O3S2. The Morgan fingerprint density at radius 1 is 1.19 bits per heavy atom. The molecule has 26 heavy (non-hydrogen) atoms. The number of aromatic nitrogens is 2. The van der Waals surface area contributed by atoms with E-state index in [1.807, 2.05) is 32.0 Å². The second kappa shape index (κ2) is 7.42. The minimum absolute atomic E-state index is 0.157. The van der Waals surface area contributed by atoms with Gasteiger partial charge in [-0.1, -0.05) is 55.9 Å². The van der Waals surface area contributed by atoms with Gasteiger partial charge in [0.2, 0.25) is 15.4 Å². The van der Waals surface area contributed by atoms with Gasteiger partial charge in [0.25, 0.3) is 10.0 Å². The summed E-state index contributed by atoms with van der Waals surface area (Å²) in [6, 6.07) is 5.44. The molecular weight excluding hydrogens is 372 g/mol. The molecule has 0 saturated heterocycles. The van der Waals surface area contributed by atoms with Crippen molar-refractivity contribution in [3.63, 3.8) is 0 Å². The lowest BCUT2D eigenvalue weighted by Gasteiger charge is -2.16. The van der Waals surface area contributed by atoms with Gasteiger partial charge < -0.3 is 5.32 Å². The van der Waals surface area contributed by atoms with Gasteiger partial charge in [0.05, 0.1) is 0 Å². The Labute approximate surface area is 158 Å². The largest absolute Gasteiger partial charge is 0.300 e. The highest BCUT2D eigenvalue weighted by Crippen LogP contribution is 2.25. The molecule has 142 valence electrons. The van der Waals surface area contributed by atoms with E-state index in [1.54, 1.807) is 27.7 Å². The molecule has 1 aromatic heterocycles. The second-order valence-corrected chi connectivity index (χ2v) is 10.1. The van der Waals surface area contributed by atoms with Crippen molar-refractivity contribution in [2.75, 3.05) is 5.32 Å². The zero-order chi connectivity index (χ0) is 19.7. The monoisotopic (exact) mass is 396 g/mol. The summed E-state index contributed by atoms with van der Waals surface area (Å²) in [6.45, 7) is 11.0. The Hall–Kier alpha value is -1.84. The van der Waals surface area contributed by atoms with Crippen LogP contribution in [0.25, 0.3) is 0 Å². The fraction of sp³-hybridized carbons (Fsp3) is 0.471. The first-order valence-electron chi connectivity index (χ1n) is 8.14. The number of carbonyl (C=O) groups excluding carboxylic acids is 1. The third-order valence-corrected chi connectivity index (χ3v) is 6.51. The van der Waals surface area contributed by atoms with Crippen LogP contribution in [0.15, 0.2) is 22.5 Å². The van der Waals surface area contributed by atoms with Gasteiger partial charge in [-0.2, -0.15) is 0 Å². The maximum atomic E-state index is 12.6. The van der Waals surface area contributed by atoms with Crippen molar-refractivity contribution in [1.82, 2.24) is 14.9 Å². The molecule has 1 atom stereocenters. The Kier molecular flexibility index (Phi) is 5.84. The molecule has 1 unspecified atom stereocenters. The number of aryl methyl sites for hydroxylation is 2. The average Bonchev–Trinajstić information content (AvgIpc) is 2.95. The number of sulfonamides is 1. The molecule has 1 amide bonds. The van der Waals surface area contributed by atoms with Gasteiger partial charge in [0.15, 0.2) is 0 Å². The van der Waals surface area contributed by atoms with Gasteiger partial charge in [0.1, 0.15) is 0 Å². The standard InChI is InChI=1S/C17H24N4O3S2/c1-10-7-8-13(11(2)9-10)12(3)21-26(23,24)16-20-19-15(25-16)18-14(22)17(4,5)6/h7-9,12,21H,1-6H3,(H,18,19,22). The summed E-state index contributed by atoms with van der Waals surface area (Å²) in [6.07, 6.45) is 0. The van der Waals surface area contributed by atoms with Crippen LogP contribution >= 0.6 is 11.3 Å². The van der Waals surface area contributed by atoms with E-state index in [2.05, 4.69) is 20.2 Å². The lowest BCUT2D eigenvalue weighted by atomic mass is 9.96. The maximum Gasteiger partial charge on any atom is 0.270 e. The maximum absolute atomic E-state index is 12.6. The van der Waals surface area contributed by atoms with E-state index in [0.717, 1.165) is 28.0 Å². The van der Waals surface area contributed by atoms with Crippen LogP contribution in [-0.4, -0.2) is 24.5 Å². The number of anilines is 1. The number of rotatable bonds is 5. The molecule has 0 radical (unpaired) electrons. The number of amides is 1. The molecule has 2 rings (SSSR count). The summed E-state index contributed by atoms with van der Waals surface area (Å²) < 4.78 is 27.6. The zero-order valence-corrected chi connectivity index (χ0v) is 17.4. The van der Waals surface area contributed by atoms with Crippen molar-refractivity contribution in [1.29, 1.82) is 0 Å². The summed E-state index contributed by atoms with van der Waals surface area (Å²) in [5, 5.41) is 10.2. The molecule has 0 aliphatic rings. The van der Waals surface area contributed by atoms with Gasteiger partial charge in [-0.25, -0.2) is 13.1 Å². The Morgan fingerprint density at radius 3 is 2.42 bits per heavy atom. The number of nitrogens with one attached hydrogen (secondary N) is 2. The molecule has 1 heterocycles. The predicted molar refractivity (Wildman–Crippen MR) is 103 cm³/mol. The summed E-state index contributed by atoms with van der Waals surface area (Å²) in [7, 11) is -3.84. The van der Waals surface area contributed by atoms with Crippen molar-refractivity contribution in [2.45, 2.75) is 51.9 Å². The Bertz CT molecular complexity index is 914. The summed E-state index contributed by atoms with van der Waals surface area (Å²) >= 11 is 0.823. The van der Waals surface area contributed by atoms with E-state index in [0.29, 0.717) is 0 Å². The lowest BCUT2D eigenvalue weighted by molar-refractivity contribution is -0.123. The van der Waals surface area contributed by atoms with Gasteiger partial charge in [0, 0.05) is 11.5 Å². The van der Waals surface area contributed by atoms with E-state index in [-0.39, 0.29) is 15.4 Å². The highest BCUT2D eigenvalue weighted by atomic mass is 32.2. The predicted octanol–water partition coefficient (Wildman–Crippen LogP) is 3.18. The first kappa shape index (κ1) is 20.5. The topological polar surface area (TPSA) is 101 Å². The lowest BCUT2D eigenvalue weighted by Crippen LogP contribution is -2.27. The summed E-state index contributed by atoms with van der Waals surface area (Å²) in [4.78, 5) is 12.0. The molecule has 1 aromatic carbocycles. The van der Waals surface area contributed by atoms with Crippen LogP contribution < -0.4 is 10.0 Å². The number of hydrogen-bond donors (Lipinski definition) is 2. The highest BCUT2D eigenvalue weighted by molar-refractivity contribution is 7.91. The number of benzene rings is 1. The number of hydrogen-bond acceptors (Lipinski definition) is 6. The van der Waals surface area contributed by atoms with Crippen molar-refractivity contribution in [2.24, 2.45) is 5.41 Å². The van der Waals surface area contributed by atoms with E-state index >= 15 is 0 Å². The van der Waals surface area contributed by atoms with Crippen molar-refractivity contribution in [3.8, 4) is 0 Å². The molecule has 7 nitrogen and oxygen atoms in total. The van der Waals surface area contributed by atoms with Gasteiger partial charge in [-0.15, -0.1) is 10.2 Å². The van der Waals surface area contributed by atoms with Crippen molar-refractivity contribution >= 4 is 32.4 Å². The highest BCUT2D eigenvalue weighted by Gasteiger charge is 2.26. The van der Waals surface area contributed by atoms with Crippen LogP contribution in [0.5, 0.6) is 0 Å². The first-order chi connectivity index (χ1) is 11.9. The minimum atomic E-state index is -3.84. The van der Waals surface area contributed by atoms with E-state index < -0.39 is 21.5 Å². The molecule has 9 heteroatoms. The smallest absolute Gasteiger partial charge is 0.270 e. The summed E-state index contributed by atoms with van der Waals surface area (Å²) in [5.41, 5.74) is 2.41. The third kappa shape index (κ3) is 4.87. The van der Waals surface area contributed by atoms with Gasteiger partial charge >= 0.3 is 0 Å². The van der Waals surface area contributed by atoms with Gasteiger partial charge in [-0.05, 0) is 31.9 Å². The van der Waals surface area contributed by atoms with Crippen LogP contribution in [0.2, 0.25) is 0 Å². The molecule has 0 fully saturated rings. The first-order valence-corrected chi connectivity index (χ1v) is 10.4. The van der Waals surface area contributed by atoms with E-state index in [9.17, 15) is 13.2 Å². The minimum Gasteiger partial charge on any atom is -0.300 e. The van der Waals surface area contributed by atoms with Crippen LogP contribution in [0, 0.1) is 19.3 Å². The quantitative estimate of drug-likeness (QED) is 0.756. The molecule has 0 saturated carbocycles. The molecule has 2 aromatic rings. The average molecular weight is 397 g/mol. The van der Waals surface area contributed by atoms with E-state index in [4.69, 9.17) is 0 Å². The van der Waals surface area contributed by atoms with Crippen LogP contribution in [0.1, 0.15) is 50.4 Å². The molecule has 0 aliphatic heterocycles. The molecule has 2 N–H and O–H groups in total. The SMILES string of the molecule is Cc1ccc(C(C)NS(=O)(=O)c2nnc(NC(=O)C(C)(C)C)s2)c(C)c1. The summed E-state index contributed by atoms with van der Waals surface area (Å²) in [5.74, 6) is -0.255. The van der Waals surface area contributed by atoms with Crippen LogP contribution in [0.3, 0.4) is 0 Å². The molecule has 0 aliphatic carbocycles. The van der Waals surface area contributed by atoms with Crippen molar-refractivity contribution < 1.29 is 13.2 Å². The molecule has 0 bridgehead atoms. The third-order valence-electron chi connectivity index (χ3n) is 3.76. The second-order valence-electron chi connectivity index (χ2n) is 7.28. The fourth-order valence-electron chi connectivity index (χ4n) is 2.31.